The molecule has 0 aliphatic rings. The lowest BCUT2D eigenvalue weighted by molar-refractivity contribution is 0.722. The number of aromatic nitrogens is 2. The van der Waals surface area contributed by atoms with E-state index >= 15 is 0 Å². The molecule has 0 spiro atoms. The third-order valence-corrected chi connectivity index (χ3v) is 2.76. The van der Waals surface area contributed by atoms with E-state index in [1.54, 1.807) is 6.20 Å². The van der Waals surface area contributed by atoms with Crippen LogP contribution in [-0.4, -0.2) is 9.55 Å². The van der Waals surface area contributed by atoms with Crippen molar-refractivity contribution in [2.75, 3.05) is 0 Å². The van der Waals surface area contributed by atoms with Crippen LogP contribution in [0.1, 0.15) is 6.42 Å². The van der Waals surface area contributed by atoms with Crippen LogP contribution in [0.5, 0.6) is 0 Å². The minimum absolute atomic E-state index is 0.497. The van der Waals surface area contributed by atoms with Crippen LogP contribution in [0, 0.1) is 11.3 Å². The van der Waals surface area contributed by atoms with E-state index in [-0.39, 0.29) is 0 Å². The van der Waals surface area contributed by atoms with Gasteiger partial charge in [0, 0.05) is 29.0 Å². The molecule has 0 aliphatic heterocycles. The molecular formula is C12H10BrN3. The monoisotopic (exact) mass is 275 g/mol. The van der Waals surface area contributed by atoms with Gasteiger partial charge >= 0.3 is 0 Å². The van der Waals surface area contributed by atoms with Crippen LogP contribution in [0.4, 0.5) is 0 Å². The average Bonchev–Trinajstić information content (AvgIpc) is 2.74. The lowest BCUT2D eigenvalue weighted by Crippen LogP contribution is -1.98. The minimum atomic E-state index is 0.497. The summed E-state index contributed by atoms with van der Waals surface area (Å²) in [6.07, 6.45) is 4.15. The summed E-state index contributed by atoms with van der Waals surface area (Å²) >= 11 is 3.44. The van der Waals surface area contributed by atoms with Crippen molar-refractivity contribution in [1.29, 1.82) is 5.26 Å². The topological polar surface area (TPSA) is 41.6 Å². The van der Waals surface area contributed by atoms with Gasteiger partial charge in [-0.25, -0.2) is 4.98 Å². The number of benzene rings is 1. The summed E-state index contributed by atoms with van der Waals surface area (Å²) in [6, 6.07) is 10.1. The molecule has 0 unspecified atom stereocenters. The third kappa shape index (κ3) is 2.31. The van der Waals surface area contributed by atoms with Gasteiger partial charge in [-0.05, 0) is 12.1 Å². The number of aryl methyl sites for hydroxylation is 1. The van der Waals surface area contributed by atoms with Gasteiger partial charge in [0.1, 0.15) is 5.82 Å². The predicted molar refractivity (Wildman–Crippen MR) is 65.6 cm³/mol. The quantitative estimate of drug-likeness (QED) is 0.863. The second kappa shape index (κ2) is 4.95. The Bertz CT molecular complexity index is 525. The van der Waals surface area contributed by atoms with Crippen LogP contribution < -0.4 is 0 Å². The highest BCUT2D eigenvalue weighted by Crippen LogP contribution is 2.21. The lowest BCUT2D eigenvalue weighted by Gasteiger charge is -2.05. The fourth-order valence-electron chi connectivity index (χ4n) is 1.55. The Morgan fingerprint density at radius 2 is 2.31 bits per heavy atom. The van der Waals surface area contributed by atoms with Crippen molar-refractivity contribution in [1.82, 2.24) is 9.55 Å². The molecule has 0 fully saturated rings. The maximum absolute atomic E-state index is 8.58. The first-order valence-electron chi connectivity index (χ1n) is 4.95. The minimum Gasteiger partial charge on any atom is -0.330 e. The maximum Gasteiger partial charge on any atom is 0.139 e. The maximum atomic E-state index is 8.58. The van der Waals surface area contributed by atoms with Gasteiger partial charge in [0.15, 0.2) is 0 Å². The van der Waals surface area contributed by atoms with Crippen LogP contribution >= 0.6 is 15.9 Å². The van der Waals surface area contributed by atoms with E-state index in [1.165, 1.54) is 0 Å². The van der Waals surface area contributed by atoms with Crippen LogP contribution in [0.25, 0.3) is 11.4 Å². The number of hydrogen-bond donors (Lipinski definition) is 0. The van der Waals surface area contributed by atoms with Crippen molar-refractivity contribution in [2.24, 2.45) is 0 Å². The Labute approximate surface area is 102 Å². The van der Waals surface area contributed by atoms with Gasteiger partial charge < -0.3 is 4.57 Å². The standard InChI is InChI=1S/C12H10BrN3/c13-11-4-1-3-10(9-11)12-15-6-8-16(12)7-2-5-14/h1,3-4,6,8-9H,2,7H2. The first kappa shape index (κ1) is 10.9. The third-order valence-electron chi connectivity index (χ3n) is 2.26. The number of imidazole rings is 1. The normalized spacial score (nSPS) is 10.0. The molecule has 2 aromatic rings. The first-order chi connectivity index (χ1) is 7.81. The molecule has 0 saturated carbocycles. The molecule has 0 radical (unpaired) electrons. The molecule has 3 nitrogen and oxygen atoms in total. The number of nitrogens with zero attached hydrogens (tertiary/aromatic N) is 3. The summed E-state index contributed by atoms with van der Waals surface area (Å²) in [5, 5.41) is 8.58. The average molecular weight is 276 g/mol. The molecular weight excluding hydrogens is 266 g/mol. The highest BCUT2D eigenvalue weighted by Gasteiger charge is 2.05. The van der Waals surface area contributed by atoms with E-state index in [0.29, 0.717) is 13.0 Å². The lowest BCUT2D eigenvalue weighted by atomic mass is 10.2. The zero-order valence-corrected chi connectivity index (χ0v) is 10.2. The smallest absolute Gasteiger partial charge is 0.139 e. The van der Waals surface area contributed by atoms with Crippen molar-refractivity contribution < 1.29 is 0 Å². The van der Waals surface area contributed by atoms with Crippen molar-refractivity contribution in [3.8, 4) is 17.5 Å². The molecule has 4 heteroatoms. The van der Waals surface area contributed by atoms with Crippen LogP contribution in [-0.2, 0) is 6.54 Å². The van der Waals surface area contributed by atoms with E-state index in [4.69, 9.17) is 5.26 Å². The molecule has 1 heterocycles. The zero-order chi connectivity index (χ0) is 11.4. The Kier molecular flexibility index (Phi) is 3.37. The molecule has 0 saturated heterocycles. The van der Waals surface area contributed by atoms with Crippen molar-refractivity contribution in [3.05, 3.63) is 41.1 Å². The van der Waals surface area contributed by atoms with Crippen molar-refractivity contribution in [3.63, 3.8) is 0 Å². The zero-order valence-electron chi connectivity index (χ0n) is 8.60. The molecule has 16 heavy (non-hydrogen) atoms. The summed E-state index contributed by atoms with van der Waals surface area (Å²) in [6.45, 7) is 0.679. The van der Waals surface area contributed by atoms with E-state index in [1.807, 2.05) is 35.0 Å². The summed E-state index contributed by atoms with van der Waals surface area (Å²) in [7, 11) is 0. The molecule has 80 valence electrons. The van der Waals surface area contributed by atoms with Crippen LogP contribution in [0.2, 0.25) is 0 Å². The van der Waals surface area contributed by atoms with Gasteiger partial charge in [-0.3, -0.25) is 0 Å². The summed E-state index contributed by atoms with van der Waals surface area (Å²) in [4.78, 5) is 4.31. The number of nitriles is 1. The van der Waals surface area contributed by atoms with Crippen molar-refractivity contribution >= 4 is 15.9 Å². The summed E-state index contributed by atoms with van der Waals surface area (Å²) < 4.78 is 3.02. The molecule has 1 aromatic carbocycles. The van der Waals surface area contributed by atoms with Gasteiger partial charge in [-0.1, -0.05) is 28.1 Å². The summed E-state index contributed by atoms with van der Waals surface area (Å²) in [5.74, 6) is 0.900. The first-order valence-corrected chi connectivity index (χ1v) is 5.74. The van der Waals surface area contributed by atoms with E-state index in [9.17, 15) is 0 Å². The largest absolute Gasteiger partial charge is 0.330 e. The number of rotatable bonds is 3. The molecule has 0 atom stereocenters. The van der Waals surface area contributed by atoms with E-state index < -0.39 is 0 Å². The second-order valence-corrected chi connectivity index (χ2v) is 4.28. The van der Waals surface area contributed by atoms with Gasteiger partial charge in [-0.2, -0.15) is 5.26 Å². The predicted octanol–water partition coefficient (Wildman–Crippen LogP) is 3.23. The Balaban J connectivity index is 2.34. The van der Waals surface area contributed by atoms with Gasteiger partial charge in [0.2, 0.25) is 0 Å². The van der Waals surface area contributed by atoms with Gasteiger partial charge in [0.05, 0.1) is 12.5 Å². The van der Waals surface area contributed by atoms with E-state index in [2.05, 4.69) is 27.0 Å². The van der Waals surface area contributed by atoms with Crippen LogP contribution in [0.3, 0.4) is 0 Å². The number of halogens is 1. The molecule has 0 aliphatic carbocycles. The molecule has 1 aromatic heterocycles. The second-order valence-electron chi connectivity index (χ2n) is 3.36. The molecule has 0 N–H and O–H groups in total. The van der Waals surface area contributed by atoms with Crippen LogP contribution in [0.15, 0.2) is 41.1 Å². The SMILES string of the molecule is N#CCCn1ccnc1-c1cccc(Br)c1. The fraction of sp³-hybridized carbons (Fsp3) is 0.167. The Morgan fingerprint density at radius 3 is 3.06 bits per heavy atom. The summed E-state index contributed by atoms with van der Waals surface area (Å²) in [5.41, 5.74) is 1.05. The van der Waals surface area contributed by atoms with Gasteiger partial charge in [0.25, 0.3) is 0 Å². The number of hydrogen-bond acceptors (Lipinski definition) is 2. The highest BCUT2D eigenvalue weighted by atomic mass is 79.9. The molecule has 0 bridgehead atoms. The Hall–Kier alpha value is -1.60. The highest BCUT2D eigenvalue weighted by molar-refractivity contribution is 9.10. The molecule has 2 rings (SSSR count). The van der Waals surface area contributed by atoms with E-state index in [0.717, 1.165) is 15.9 Å². The van der Waals surface area contributed by atoms with Crippen molar-refractivity contribution in [2.45, 2.75) is 13.0 Å². The van der Waals surface area contributed by atoms with Gasteiger partial charge in [-0.15, -0.1) is 0 Å². The molecule has 0 amide bonds. The fourth-order valence-corrected chi connectivity index (χ4v) is 1.95. The Morgan fingerprint density at radius 1 is 1.44 bits per heavy atom.